The number of aromatic carboxylic acids is 1. The lowest BCUT2D eigenvalue weighted by atomic mass is 9.72. The minimum absolute atomic E-state index is 0.0320. The Morgan fingerprint density at radius 3 is 2.71 bits per heavy atom. The van der Waals surface area contributed by atoms with Crippen molar-refractivity contribution >= 4 is 5.97 Å². The number of rotatable bonds is 3. The van der Waals surface area contributed by atoms with E-state index in [2.05, 4.69) is 18.7 Å². The van der Waals surface area contributed by atoms with Crippen molar-refractivity contribution in [2.24, 2.45) is 5.92 Å². The molecule has 164 valence electrons. The number of ether oxygens (including phenoxy) is 2. The monoisotopic (exact) mass is 423 g/mol. The highest BCUT2D eigenvalue weighted by Crippen LogP contribution is 2.53. The molecule has 3 aliphatic heterocycles. The van der Waals surface area contributed by atoms with E-state index in [0.29, 0.717) is 11.6 Å². The molecular weight excluding hydrogens is 394 g/mol. The molecule has 2 saturated heterocycles. The summed E-state index contributed by atoms with van der Waals surface area (Å²) >= 11 is 0. The van der Waals surface area contributed by atoms with Crippen molar-refractivity contribution in [1.29, 1.82) is 0 Å². The van der Waals surface area contributed by atoms with Crippen LogP contribution in [-0.4, -0.2) is 45.4 Å². The van der Waals surface area contributed by atoms with E-state index in [1.807, 2.05) is 18.2 Å². The van der Waals surface area contributed by atoms with Crippen molar-refractivity contribution in [1.82, 2.24) is 4.90 Å². The molecule has 3 heterocycles. The van der Waals surface area contributed by atoms with E-state index in [1.54, 1.807) is 24.3 Å². The molecule has 0 unspecified atom stereocenters. The summed E-state index contributed by atoms with van der Waals surface area (Å²) in [4.78, 5) is 13.6. The van der Waals surface area contributed by atoms with Gasteiger partial charge in [-0.25, -0.2) is 4.79 Å². The second-order valence-electron chi connectivity index (χ2n) is 9.55. The molecule has 0 saturated carbocycles. The molecule has 0 amide bonds. The van der Waals surface area contributed by atoms with Gasteiger partial charge in [0.15, 0.2) is 0 Å². The lowest BCUT2D eigenvalue weighted by Crippen LogP contribution is -2.58. The van der Waals surface area contributed by atoms with Gasteiger partial charge in [0.05, 0.1) is 17.8 Å². The average Bonchev–Trinajstić information content (AvgIpc) is 2.73. The van der Waals surface area contributed by atoms with Crippen LogP contribution in [0.15, 0.2) is 42.5 Å². The average molecular weight is 424 g/mol. The molecule has 0 spiro atoms. The van der Waals surface area contributed by atoms with Gasteiger partial charge < -0.3 is 19.7 Å². The first-order valence-corrected chi connectivity index (χ1v) is 11.1. The van der Waals surface area contributed by atoms with E-state index >= 15 is 0 Å². The number of phenols is 1. The van der Waals surface area contributed by atoms with Crippen molar-refractivity contribution in [2.75, 3.05) is 6.54 Å². The molecule has 0 radical (unpaired) electrons. The SMILES string of the molecule is CC1(C)Oc2cc(O)ccc2[C@@H]2O[C@@H]3CCCN(Cc4ccc(C(=O)O)cc4)[C@@H]3C[C@H]21. The summed E-state index contributed by atoms with van der Waals surface area (Å²) in [6.07, 6.45) is 3.22. The number of fused-ring (bicyclic) bond motifs is 4. The molecule has 0 aromatic heterocycles. The van der Waals surface area contributed by atoms with Crippen LogP contribution in [0.3, 0.4) is 0 Å². The van der Waals surface area contributed by atoms with E-state index in [9.17, 15) is 9.90 Å². The number of piperidine rings is 1. The van der Waals surface area contributed by atoms with Gasteiger partial charge in [0.2, 0.25) is 0 Å². The van der Waals surface area contributed by atoms with E-state index in [0.717, 1.165) is 49.2 Å². The number of carboxylic acid groups (broad SMARTS) is 1. The highest BCUT2D eigenvalue weighted by atomic mass is 16.5. The van der Waals surface area contributed by atoms with Gasteiger partial charge in [-0.05, 0) is 69.5 Å². The predicted octanol–water partition coefficient (Wildman–Crippen LogP) is 4.37. The number of hydrogen-bond donors (Lipinski definition) is 2. The van der Waals surface area contributed by atoms with Crippen LogP contribution in [0, 0.1) is 5.92 Å². The highest BCUT2D eigenvalue weighted by Gasteiger charge is 2.52. The van der Waals surface area contributed by atoms with Crippen LogP contribution >= 0.6 is 0 Å². The summed E-state index contributed by atoms with van der Waals surface area (Å²) < 4.78 is 13.1. The fraction of sp³-hybridized carbons (Fsp3) is 0.480. The van der Waals surface area contributed by atoms with Gasteiger partial charge in [0, 0.05) is 30.1 Å². The van der Waals surface area contributed by atoms with E-state index in [4.69, 9.17) is 14.6 Å². The molecule has 2 fully saturated rings. The third kappa shape index (κ3) is 3.68. The summed E-state index contributed by atoms with van der Waals surface area (Å²) in [5.74, 6) is 0.237. The normalized spacial score (nSPS) is 29.2. The topological polar surface area (TPSA) is 79.2 Å². The lowest BCUT2D eigenvalue weighted by Gasteiger charge is -2.54. The highest BCUT2D eigenvalue weighted by molar-refractivity contribution is 5.87. The van der Waals surface area contributed by atoms with E-state index < -0.39 is 11.6 Å². The van der Waals surface area contributed by atoms with Gasteiger partial charge in [-0.1, -0.05) is 12.1 Å². The maximum atomic E-state index is 11.1. The van der Waals surface area contributed by atoms with Crippen molar-refractivity contribution in [2.45, 2.75) is 63.5 Å². The molecular formula is C25H29NO5. The van der Waals surface area contributed by atoms with Crippen molar-refractivity contribution < 1.29 is 24.5 Å². The molecule has 5 rings (SSSR count). The minimum Gasteiger partial charge on any atom is -0.508 e. The number of carbonyl (C=O) groups is 1. The standard InChI is InChI=1S/C25H29NO5/c1-25(2)19-13-20-21(30-23(19)18-10-9-17(27)12-22(18)31-25)4-3-11-26(20)14-15-5-7-16(8-6-15)24(28)29/h5-10,12,19-21,23,27H,3-4,11,13-14H2,1-2H3,(H,28,29)/t19-,20-,21-,23+/m1/s1. The zero-order valence-electron chi connectivity index (χ0n) is 18.0. The first-order valence-electron chi connectivity index (χ1n) is 11.1. The van der Waals surface area contributed by atoms with Crippen molar-refractivity contribution in [3.63, 3.8) is 0 Å². The van der Waals surface area contributed by atoms with E-state index in [1.165, 1.54) is 0 Å². The maximum absolute atomic E-state index is 11.1. The summed E-state index contributed by atoms with van der Waals surface area (Å²) in [5, 5.41) is 19.0. The van der Waals surface area contributed by atoms with Crippen molar-refractivity contribution in [3.05, 3.63) is 59.2 Å². The summed E-state index contributed by atoms with van der Waals surface area (Å²) in [7, 11) is 0. The van der Waals surface area contributed by atoms with Crippen LogP contribution in [0.1, 0.15) is 60.7 Å². The van der Waals surface area contributed by atoms with Crippen LogP contribution in [0.2, 0.25) is 0 Å². The fourth-order valence-electron chi connectivity index (χ4n) is 5.54. The number of aromatic hydroxyl groups is 1. The Morgan fingerprint density at radius 2 is 1.97 bits per heavy atom. The molecule has 2 aromatic rings. The number of likely N-dealkylation sites (tertiary alicyclic amines) is 1. The van der Waals surface area contributed by atoms with E-state index in [-0.39, 0.29) is 23.9 Å². The van der Waals surface area contributed by atoms with Crippen molar-refractivity contribution in [3.8, 4) is 11.5 Å². The number of hydrogen-bond acceptors (Lipinski definition) is 5. The first-order chi connectivity index (χ1) is 14.8. The van der Waals surface area contributed by atoms with Gasteiger partial charge in [0.1, 0.15) is 17.1 Å². The molecule has 0 bridgehead atoms. The quantitative estimate of drug-likeness (QED) is 0.763. The number of nitrogens with zero attached hydrogens (tertiary/aromatic N) is 1. The summed E-state index contributed by atoms with van der Waals surface area (Å²) in [5.41, 5.74) is 2.06. The van der Waals surface area contributed by atoms with Crippen LogP contribution in [0.25, 0.3) is 0 Å². The molecule has 3 aliphatic rings. The Kier molecular flexibility index (Phi) is 4.94. The maximum Gasteiger partial charge on any atom is 0.335 e. The second kappa shape index (κ2) is 7.53. The lowest BCUT2D eigenvalue weighted by molar-refractivity contribution is -0.190. The van der Waals surface area contributed by atoms with Crippen LogP contribution in [0.5, 0.6) is 11.5 Å². The van der Waals surface area contributed by atoms with Gasteiger partial charge >= 0.3 is 5.97 Å². The Balaban J connectivity index is 1.39. The zero-order valence-corrected chi connectivity index (χ0v) is 18.0. The largest absolute Gasteiger partial charge is 0.508 e. The van der Waals surface area contributed by atoms with Gasteiger partial charge in [0.25, 0.3) is 0 Å². The number of carboxylic acids is 1. The molecule has 0 aliphatic carbocycles. The van der Waals surface area contributed by atoms with Crippen LogP contribution < -0.4 is 4.74 Å². The second-order valence-corrected chi connectivity index (χ2v) is 9.55. The number of benzene rings is 2. The third-order valence-corrected chi connectivity index (χ3v) is 7.17. The molecule has 2 N–H and O–H groups in total. The van der Waals surface area contributed by atoms with Gasteiger partial charge in [-0.3, -0.25) is 4.90 Å². The predicted molar refractivity (Wildman–Crippen MR) is 115 cm³/mol. The molecule has 2 aromatic carbocycles. The summed E-state index contributed by atoms with van der Waals surface area (Å²) in [6, 6.07) is 12.8. The minimum atomic E-state index is -0.899. The van der Waals surface area contributed by atoms with Crippen LogP contribution in [-0.2, 0) is 11.3 Å². The molecule has 31 heavy (non-hydrogen) atoms. The van der Waals surface area contributed by atoms with Gasteiger partial charge in [-0.2, -0.15) is 0 Å². The van der Waals surface area contributed by atoms with Crippen LogP contribution in [0.4, 0.5) is 0 Å². The Bertz CT molecular complexity index is 986. The smallest absolute Gasteiger partial charge is 0.335 e. The molecule has 6 nitrogen and oxygen atoms in total. The Morgan fingerprint density at radius 1 is 1.19 bits per heavy atom. The first kappa shape index (κ1) is 20.3. The fourth-order valence-corrected chi connectivity index (χ4v) is 5.54. The molecule has 6 heteroatoms. The molecule has 4 atom stereocenters. The zero-order chi connectivity index (χ0) is 21.8. The van der Waals surface area contributed by atoms with Gasteiger partial charge in [-0.15, -0.1) is 0 Å². The summed E-state index contributed by atoms with van der Waals surface area (Å²) in [6.45, 7) is 6.01. The third-order valence-electron chi connectivity index (χ3n) is 7.17. The Hall–Kier alpha value is -2.57. The Labute approximate surface area is 182 Å². The number of phenolic OH excluding ortho intramolecular Hbond substituents is 1.